The molecular formula is C21H25IN6OS. The van der Waals surface area contributed by atoms with E-state index in [1.165, 1.54) is 4.70 Å². The lowest BCUT2D eigenvalue weighted by Crippen LogP contribution is -2.38. The third kappa shape index (κ3) is 5.27. The first-order valence-corrected chi connectivity index (χ1v) is 10.5. The zero-order valence-electron chi connectivity index (χ0n) is 16.7. The van der Waals surface area contributed by atoms with Gasteiger partial charge in [-0.3, -0.25) is 9.39 Å². The molecule has 0 fully saturated rings. The summed E-state index contributed by atoms with van der Waals surface area (Å²) in [7, 11) is 0. The van der Waals surface area contributed by atoms with Crippen LogP contribution in [0.25, 0.3) is 15.7 Å². The molecule has 0 saturated heterocycles. The van der Waals surface area contributed by atoms with Crippen LogP contribution in [-0.4, -0.2) is 45.3 Å². The summed E-state index contributed by atoms with van der Waals surface area (Å²) in [6.07, 6.45) is 2.06. The van der Waals surface area contributed by atoms with Crippen LogP contribution in [-0.2, 0) is 6.42 Å². The standard InChI is InChI=1S/C21H24N6OS.HI/c1-2-22-21(23-11-10-20-26-25-19-9-5-6-12-27(19)20)24-14-16(28)18-13-15-7-3-4-8-17(15)29-18;/h3-9,12-13,16,28H,2,10-11,14H2,1H3,(H2,22,23,24);1H. The van der Waals surface area contributed by atoms with Crippen molar-refractivity contribution in [1.82, 2.24) is 25.2 Å². The molecule has 3 heterocycles. The Labute approximate surface area is 196 Å². The molecule has 0 aliphatic carbocycles. The van der Waals surface area contributed by atoms with Crippen LogP contribution in [0.4, 0.5) is 0 Å². The lowest BCUT2D eigenvalue weighted by Gasteiger charge is -2.12. The number of aliphatic hydroxyl groups excluding tert-OH is 1. The maximum Gasteiger partial charge on any atom is 0.191 e. The third-order valence-electron chi connectivity index (χ3n) is 4.56. The Morgan fingerprint density at radius 1 is 1.17 bits per heavy atom. The molecule has 4 aromatic rings. The number of rotatable bonds is 7. The number of thiophene rings is 1. The average molecular weight is 536 g/mol. The van der Waals surface area contributed by atoms with Crippen molar-refractivity contribution in [1.29, 1.82) is 0 Å². The first-order valence-electron chi connectivity index (χ1n) is 9.72. The van der Waals surface area contributed by atoms with E-state index < -0.39 is 6.10 Å². The molecule has 1 aromatic carbocycles. The van der Waals surface area contributed by atoms with Crippen LogP contribution in [0, 0.1) is 0 Å². The minimum Gasteiger partial charge on any atom is -0.386 e. The highest BCUT2D eigenvalue weighted by Gasteiger charge is 2.11. The molecule has 0 aliphatic rings. The van der Waals surface area contributed by atoms with Gasteiger partial charge >= 0.3 is 0 Å². The zero-order chi connectivity index (χ0) is 20.1. The minimum atomic E-state index is -0.622. The van der Waals surface area contributed by atoms with Crippen molar-refractivity contribution in [3.05, 3.63) is 65.4 Å². The number of hydrogen-bond acceptors (Lipinski definition) is 5. The number of nitrogens with zero attached hydrogens (tertiary/aromatic N) is 4. The molecule has 0 amide bonds. The van der Waals surface area contributed by atoms with E-state index in [0.717, 1.165) is 28.3 Å². The van der Waals surface area contributed by atoms with Crippen LogP contribution in [0.2, 0.25) is 0 Å². The number of pyridine rings is 1. The molecule has 3 N–H and O–H groups in total. The molecule has 1 unspecified atom stereocenters. The summed E-state index contributed by atoms with van der Waals surface area (Å²) in [5.74, 6) is 1.58. The van der Waals surface area contributed by atoms with Gasteiger partial charge in [-0.15, -0.1) is 45.5 Å². The van der Waals surface area contributed by atoms with Gasteiger partial charge in [0.05, 0.1) is 6.54 Å². The molecule has 0 radical (unpaired) electrons. The van der Waals surface area contributed by atoms with Gasteiger partial charge in [-0.2, -0.15) is 0 Å². The lowest BCUT2D eigenvalue weighted by atomic mass is 10.2. The topological polar surface area (TPSA) is 86.8 Å². The summed E-state index contributed by atoms with van der Waals surface area (Å²) >= 11 is 1.61. The fourth-order valence-corrected chi connectivity index (χ4v) is 4.17. The molecule has 9 heteroatoms. The number of aliphatic hydroxyl groups is 1. The van der Waals surface area contributed by atoms with Crippen LogP contribution in [0.1, 0.15) is 23.7 Å². The quantitative estimate of drug-likeness (QED) is 0.192. The molecule has 30 heavy (non-hydrogen) atoms. The van der Waals surface area contributed by atoms with Gasteiger partial charge in [-0.05, 0) is 36.6 Å². The van der Waals surface area contributed by atoms with Gasteiger partial charge in [0.2, 0.25) is 0 Å². The van der Waals surface area contributed by atoms with E-state index in [2.05, 4.69) is 38.0 Å². The summed E-state index contributed by atoms with van der Waals surface area (Å²) < 4.78 is 3.16. The minimum absolute atomic E-state index is 0. The molecule has 1 atom stereocenters. The smallest absolute Gasteiger partial charge is 0.191 e. The molecule has 0 spiro atoms. The van der Waals surface area contributed by atoms with Crippen molar-refractivity contribution in [2.75, 3.05) is 19.6 Å². The Hall–Kier alpha value is -2.24. The molecule has 4 rings (SSSR count). The first kappa shape index (κ1) is 22.4. The molecule has 7 nitrogen and oxygen atoms in total. The predicted molar refractivity (Wildman–Crippen MR) is 133 cm³/mol. The fraction of sp³-hybridized carbons (Fsp3) is 0.286. The van der Waals surface area contributed by atoms with Gasteiger partial charge in [-0.1, -0.05) is 24.3 Å². The number of fused-ring (bicyclic) bond motifs is 2. The maximum atomic E-state index is 10.6. The second-order valence-corrected chi connectivity index (χ2v) is 7.76. The van der Waals surface area contributed by atoms with E-state index in [1.54, 1.807) is 11.3 Å². The maximum absolute atomic E-state index is 10.6. The summed E-state index contributed by atoms with van der Waals surface area (Å²) in [5, 5.41) is 26.7. The van der Waals surface area contributed by atoms with Crippen LogP contribution < -0.4 is 10.6 Å². The Morgan fingerprint density at radius 2 is 2.00 bits per heavy atom. The second-order valence-electron chi connectivity index (χ2n) is 6.64. The molecule has 0 saturated carbocycles. The monoisotopic (exact) mass is 536 g/mol. The zero-order valence-corrected chi connectivity index (χ0v) is 19.8. The van der Waals surface area contributed by atoms with E-state index in [1.807, 2.05) is 53.9 Å². The van der Waals surface area contributed by atoms with Gasteiger partial charge in [0.15, 0.2) is 11.6 Å². The van der Waals surface area contributed by atoms with E-state index in [-0.39, 0.29) is 24.0 Å². The predicted octanol–water partition coefficient (Wildman–Crippen LogP) is 3.39. The number of guanidine groups is 1. The van der Waals surface area contributed by atoms with Crippen molar-refractivity contribution in [3.8, 4) is 0 Å². The lowest BCUT2D eigenvalue weighted by molar-refractivity contribution is 0.191. The van der Waals surface area contributed by atoms with Crippen LogP contribution in [0.15, 0.2) is 59.7 Å². The van der Waals surface area contributed by atoms with Gasteiger partial charge in [-0.25, -0.2) is 0 Å². The molecular weight excluding hydrogens is 511 g/mol. The highest BCUT2D eigenvalue weighted by atomic mass is 127. The van der Waals surface area contributed by atoms with Crippen LogP contribution in [0.5, 0.6) is 0 Å². The number of aromatic nitrogens is 3. The number of hydrogen-bond donors (Lipinski definition) is 3. The third-order valence-corrected chi connectivity index (χ3v) is 5.78. The molecule has 158 valence electrons. The van der Waals surface area contributed by atoms with E-state index in [4.69, 9.17) is 0 Å². The highest BCUT2D eigenvalue weighted by Crippen LogP contribution is 2.29. The van der Waals surface area contributed by atoms with Crippen molar-refractivity contribution >= 4 is 57.0 Å². The normalized spacial score (nSPS) is 12.7. The van der Waals surface area contributed by atoms with Crippen molar-refractivity contribution < 1.29 is 5.11 Å². The number of halogens is 1. The summed E-state index contributed by atoms with van der Waals surface area (Å²) in [6.45, 7) is 3.74. The Morgan fingerprint density at radius 3 is 2.83 bits per heavy atom. The summed E-state index contributed by atoms with van der Waals surface area (Å²) in [6, 6.07) is 16.0. The SMILES string of the molecule is CCNC(=NCC(O)c1cc2ccccc2s1)NCCc1nnc2ccccn12.I. The van der Waals surface area contributed by atoms with Crippen molar-refractivity contribution in [2.24, 2.45) is 4.99 Å². The molecule has 0 bridgehead atoms. The Bertz CT molecular complexity index is 1090. The summed E-state index contributed by atoms with van der Waals surface area (Å²) in [4.78, 5) is 5.48. The first-order chi connectivity index (χ1) is 14.2. The largest absolute Gasteiger partial charge is 0.386 e. The fourth-order valence-electron chi connectivity index (χ4n) is 3.13. The van der Waals surface area contributed by atoms with E-state index in [0.29, 0.717) is 25.5 Å². The van der Waals surface area contributed by atoms with Crippen molar-refractivity contribution in [3.63, 3.8) is 0 Å². The van der Waals surface area contributed by atoms with E-state index >= 15 is 0 Å². The second kappa shape index (κ2) is 10.7. The molecule has 0 aliphatic heterocycles. The molecule has 3 aromatic heterocycles. The number of benzene rings is 1. The van der Waals surface area contributed by atoms with Crippen molar-refractivity contribution in [2.45, 2.75) is 19.4 Å². The average Bonchev–Trinajstić information content (AvgIpc) is 3.36. The Kier molecular flexibility index (Phi) is 8.00. The van der Waals surface area contributed by atoms with E-state index in [9.17, 15) is 5.11 Å². The number of nitrogens with one attached hydrogen (secondary N) is 2. The van der Waals surface area contributed by atoms with Gasteiger partial charge in [0, 0.05) is 35.3 Å². The Balaban J connectivity index is 0.00000256. The van der Waals surface area contributed by atoms with Crippen LogP contribution in [0.3, 0.4) is 0 Å². The van der Waals surface area contributed by atoms with Crippen LogP contribution >= 0.6 is 35.3 Å². The highest BCUT2D eigenvalue weighted by molar-refractivity contribution is 14.0. The number of aliphatic imine (C=N–C) groups is 1. The van der Waals surface area contributed by atoms with Gasteiger partial charge in [0.25, 0.3) is 0 Å². The van der Waals surface area contributed by atoms with Gasteiger partial charge in [0.1, 0.15) is 11.9 Å². The summed E-state index contributed by atoms with van der Waals surface area (Å²) in [5.41, 5.74) is 0.842. The van der Waals surface area contributed by atoms with Gasteiger partial charge < -0.3 is 15.7 Å².